The van der Waals surface area contributed by atoms with Crippen molar-refractivity contribution < 1.29 is 18.7 Å². The Morgan fingerprint density at radius 1 is 1.15 bits per heavy atom. The van der Waals surface area contributed by atoms with E-state index >= 15 is 0 Å². The zero-order valence-electron chi connectivity index (χ0n) is 15.8. The summed E-state index contributed by atoms with van der Waals surface area (Å²) < 4.78 is 18.5. The van der Waals surface area contributed by atoms with E-state index in [1.807, 2.05) is 27.7 Å². The second-order valence-corrected chi connectivity index (χ2v) is 6.70. The van der Waals surface area contributed by atoms with Crippen molar-refractivity contribution >= 4 is 12.3 Å². The molecule has 0 bridgehead atoms. The number of rotatable bonds is 6. The molecule has 0 atom stereocenters. The van der Waals surface area contributed by atoms with Crippen molar-refractivity contribution in [3.05, 3.63) is 52.5 Å². The standard InChI is InChI=1S/C21H24FNO3/c1-6-26-21(25)18-17(12(2)3)16(11-24)20(23-19(18)13(4)5)14-7-9-15(22)10-8-14/h7-13H,6H2,1-5H3. The lowest BCUT2D eigenvalue weighted by molar-refractivity contribution is 0.0522. The molecule has 0 fully saturated rings. The van der Waals surface area contributed by atoms with Gasteiger partial charge in [0.15, 0.2) is 6.29 Å². The van der Waals surface area contributed by atoms with Crippen LogP contribution in [0.3, 0.4) is 0 Å². The minimum atomic E-state index is -0.471. The van der Waals surface area contributed by atoms with E-state index in [1.54, 1.807) is 19.1 Å². The Hall–Kier alpha value is -2.56. The van der Waals surface area contributed by atoms with Gasteiger partial charge in [0.05, 0.1) is 23.6 Å². The first-order chi connectivity index (χ1) is 12.3. The number of aromatic nitrogens is 1. The Balaban J connectivity index is 2.89. The number of carbonyl (C=O) groups is 2. The highest BCUT2D eigenvalue weighted by Gasteiger charge is 2.28. The fourth-order valence-corrected chi connectivity index (χ4v) is 3.02. The Kier molecular flexibility index (Phi) is 6.24. The summed E-state index contributed by atoms with van der Waals surface area (Å²) in [7, 11) is 0. The Morgan fingerprint density at radius 2 is 1.77 bits per heavy atom. The van der Waals surface area contributed by atoms with Crippen LogP contribution in [0.15, 0.2) is 24.3 Å². The molecular weight excluding hydrogens is 333 g/mol. The van der Waals surface area contributed by atoms with Gasteiger partial charge in [-0.15, -0.1) is 0 Å². The molecule has 0 amide bonds. The lowest BCUT2D eigenvalue weighted by atomic mass is 9.86. The van der Waals surface area contributed by atoms with Crippen LogP contribution in [0.5, 0.6) is 0 Å². The molecule has 0 aliphatic carbocycles. The number of pyridine rings is 1. The average molecular weight is 357 g/mol. The molecule has 0 aliphatic heterocycles. The minimum Gasteiger partial charge on any atom is -0.462 e. The van der Waals surface area contributed by atoms with Gasteiger partial charge in [0, 0.05) is 11.1 Å². The Labute approximate surface area is 153 Å². The SMILES string of the molecule is CCOC(=O)c1c(C(C)C)nc(-c2ccc(F)cc2)c(C=O)c1C(C)C. The summed E-state index contributed by atoms with van der Waals surface area (Å²) >= 11 is 0. The summed E-state index contributed by atoms with van der Waals surface area (Å²) in [5, 5.41) is 0. The molecule has 1 aromatic heterocycles. The Bertz CT molecular complexity index is 811. The van der Waals surface area contributed by atoms with E-state index in [2.05, 4.69) is 4.98 Å². The van der Waals surface area contributed by atoms with Gasteiger partial charge in [-0.05, 0) is 48.6 Å². The zero-order valence-corrected chi connectivity index (χ0v) is 15.8. The van der Waals surface area contributed by atoms with Gasteiger partial charge < -0.3 is 4.74 Å². The largest absolute Gasteiger partial charge is 0.462 e. The predicted molar refractivity (Wildman–Crippen MR) is 99.2 cm³/mol. The van der Waals surface area contributed by atoms with Gasteiger partial charge in [-0.25, -0.2) is 9.18 Å². The van der Waals surface area contributed by atoms with Gasteiger partial charge in [-0.2, -0.15) is 0 Å². The first-order valence-corrected chi connectivity index (χ1v) is 8.77. The van der Waals surface area contributed by atoms with Crippen molar-refractivity contribution in [3.63, 3.8) is 0 Å². The summed E-state index contributed by atoms with van der Waals surface area (Å²) in [6.45, 7) is 9.69. The molecule has 138 valence electrons. The van der Waals surface area contributed by atoms with E-state index in [9.17, 15) is 14.0 Å². The van der Waals surface area contributed by atoms with Crippen LogP contribution >= 0.6 is 0 Å². The molecule has 2 rings (SSSR count). The molecule has 0 radical (unpaired) electrons. The van der Waals surface area contributed by atoms with E-state index in [0.717, 1.165) is 0 Å². The van der Waals surface area contributed by atoms with Crippen molar-refractivity contribution in [1.82, 2.24) is 4.98 Å². The molecule has 0 N–H and O–H groups in total. The van der Waals surface area contributed by atoms with E-state index in [1.165, 1.54) is 12.1 Å². The van der Waals surface area contributed by atoms with Crippen molar-refractivity contribution in [3.8, 4) is 11.3 Å². The van der Waals surface area contributed by atoms with Crippen molar-refractivity contribution in [2.24, 2.45) is 0 Å². The summed E-state index contributed by atoms with van der Waals surface area (Å²) in [6, 6.07) is 5.83. The van der Waals surface area contributed by atoms with Gasteiger partial charge in [0.2, 0.25) is 0 Å². The molecule has 0 saturated heterocycles. The molecule has 1 aromatic carbocycles. The number of benzene rings is 1. The van der Waals surface area contributed by atoms with Crippen LogP contribution in [0.1, 0.15) is 78.4 Å². The smallest absolute Gasteiger partial charge is 0.340 e. The molecule has 0 unspecified atom stereocenters. The number of carbonyl (C=O) groups excluding carboxylic acids is 2. The summed E-state index contributed by atoms with van der Waals surface area (Å²) in [5.74, 6) is -0.972. The fourth-order valence-electron chi connectivity index (χ4n) is 3.02. The van der Waals surface area contributed by atoms with Crippen LogP contribution in [-0.2, 0) is 4.74 Å². The highest BCUT2D eigenvalue weighted by Crippen LogP contribution is 2.35. The van der Waals surface area contributed by atoms with Crippen molar-refractivity contribution in [2.75, 3.05) is 6.61 Å². The van der Waals surface area contributed by atoms with Crippen LogP contribution in [0, 0.1) is 5.82 Å². The lowest BCUT2D eigenvalue weighted by Gasteiger charge is -2.22. The third-order valence-corrected chi connectivity index (χ3v) is 4.14. The van der Waals surface area contributed by atoms with Gasteiger partial charge in [0.1, 0.15) is 5.82 Å². The molecule has 2 aromatic rings. The van der Waals surface area contributed by atoms with Crippen LogP contribution in [0.25, 0.3) is 11.3 Å². The van der Waals surface area contributed by atoms with Gasteiger partial charge in [-0.3, -0.25) is 9.78 Å². The molecule has 5 heteroatoms. The number of aldehydes is 1. The third kappa shape index (κ3) is 3.82. The first-order valence-electron chi connectivity index (χ1n) is 8.77. The molecule has 0 saturated carbocycles. The van der Waals surface area contributed by atoms with Gasteiger partial charge >= 0.3 is 5.97 Å². The zero-order chi connectivity index (χ0) is 19.4. The van der Waals surface area contributed by atoms with Crippen molar-refractivity contribution in [1.29, 1.82) is 0 Å². The van der Waals surface area contributed by atoms with Crippen LogP contribution in [0.4, 0.5) is 4.39 Å². The minimum absolute atomic E-state index is 0.0493. The second-order valence-electron chi connectivity index (χ2n) is 6.70. The van der Waals surface area contributed by atoms with Gasteiger partial charge in [0.25, 0.3) is 0 Å². The number of hydrogen-bond acceptors (Lipinski definition) is 4. The molecular formula is C21H24FNO3. The van der Waals surface area contributed by atoms with Crippen LogP contribution < -0.4 is 0 Å². The van der Waals surface area contributed by atoms with Crippen LogP contribution in [0.2, 0.25) is 0 Å². The fraction of sp³-hybridized carbons (Fsp3) is 0.381. The first kappa shape index (κ1) is 19.8. The highest BCUT2D eigenvalue weighted by molar-refractivity contribution is 5.98. The maximum Gasteiger partial charge on any atom is 0.340 e. The monoisotopic (exact) mass is 357 g/mol. The molecule has 26 heavy (non-hydrogen) atoms. The Morgan fingerprint density at radius 3 is 2.23 bits per heavy atom. The molecule has 0 aliphatic rings. The van der Waals surface area contributed by atoms with E-state index in [4.69, 9.17) is 4.74 Å². The van der Waals surface area contributed by atoms with Gasteiger partial charge in [-0.1, -0.05) is 27.7 Å². The van der Waals surface area contributed by atoms with E-state index in [0.29, 0.717) is 39.9 Å². The number of esters is 1. The predicted octanol–water partition coefficient (Wildman–Crippen LogP) is 5.12. The number of ether oxygens (including phenoxy) is 1. The topological polar surface area (TPSA) is 56.3 Å². The summed E-state index contributed by atoms with van der Waals surface area (Å²) in [6.07, 6.45) is 0.716. The maximum absolute atomic E-state index is 13.3. The summed E-state index contributed by atoms with van der Waals surface area (Å²) in [5.41, 5.74) is 3.01. The maximum atomic E-state index is 13.3. The highest BCUT2D eigenvalue weighted by atomic mass is 19.1. The number of nitrogens with zero attached hydrogens (tertiary/aromatic N) is 1. The van der Waals surface area contributed by atoms with E-state index < -0.39 is 5.97 Å². The normalized spacial score (nSPS) is 11.1. The molecule has 1 heterocycles. The molecule has 0 spiro atoms. The quantitative estimate of drug-likeness (QED) is 0.532. The van der Waals surface area contributed by atoms with E-state index in [-0.39, 0.29) is 24.3 Å². The third-order valence-electron chi connectivity index (χ3n) is 4.14. The molecule has 4 nitrogen and oxygen atoms in total. The van der Waals surface area contributed by atoms with Crippen molar-refractivity contribution in [2.45, 2.75) is 46.5 Å². The average Bonchev–Trinajstić information content (AvgIpc) is 2.60. The summed E-state index contributed by atoms with van der Waals surface area (Å²) in [4.78, 5) is 29.2. The number of halogens is 1. The lowest BCUT2D eigenvalue weighted by Crippen LogP contribution is -2.18. The second kappa shape index (κ2) is 8.21. The number of hydrogen-bond donors (Lipinski definition) is 0. The van der Waals surface area contributed by atoms with Crippen LogP contribution in [-0.4, -0.2) is 23.8 Å².